The maximum atomic E-state index is 11.7. The van der Waals surface area contributed by atoms with Crippen molar-refractivity contribution in [2.24, 2.45) is 11.5 Å². The van der Waals surface area contributed by atoms with E-state index in [-0.39, 0.29) is 16.6 Å². The number of carbonyl (C=O) groups is 3. The number of amides is 3. The minimum atomic E-state index is -0.863. The second-order valence-corrected chi connectivity index (χ2v) is 9.08. The number of hydrogen-bond acceptors (Lipinski definition) is 5. The molecule has 0 saturated heterocycles. The number of anilines is 1. The molecule has 3 rings (SSSR count). The van der Waals surface area contributed by atoms with E-state index in [0.717, 1.165) is 42.6 Å². The molecule has 0 aliphatic heterocycles. The van der Waals surface area contributed by atoms with E-state index in [1.807, 2.05) is 18.2 Å². The maximum absolute atomic E-state index is 11.7. The molecule has 0 spiro atoms. The lowest BCUT2D eigenvalue weighted by atomic mass is 10.1. The molecule has 7 N–H and O–H groups in total. The van der Waals surface area contributed by atoms with Gasteiger partial charge in [-0.1, -0.05) is 48.7 Å². The molecule has 0 unspecified atom stereocenters. The van der Waals surface area contributed by atoms with Crippen LogP contribution < -0.4 is 22.1 Å². The topological polar surface area (TPSA) is 148 Å². The van der Waals surface area contributed by atoms with Crippen molar-refractivity contribution in [3.63, 3.8) is 0 Å². The summed E-state index contributed by atoms with van der Waals surface area (Å²) in [7, 11) is 0. The Morgan fingerprint density at radius 3 is 2.53 bits per heavy atom. The molecule has 1 aliphatic carbocycles. The SMILES string of the molecule is NC(=O)Nc1sc(-c2ccc(C=CC[C@H](NC3CCCC3)C(=O)O)cc2Cl)cc1C(N)=O. The molecule has 0 radical (unpaired) electrons. The third-order valence-electron chi connectivity index (χ3n) is 5.27. The molecule has 1 aromatic carbocycles. The van der Waals surface area contributed by atoms with Crippen molar-refractivity contribution in [3.05, 3.63) is 46.5 Å². The van der Waals surface area contributed by atoms with Gasteiger partial charge < -0.3 is 21.9 Å². The number of benzene rings is 1. The Balaban J connectivity index is 1.72. The Bertz CT molecular complexity index is 1050. The van der Waals surface area contributed by atoms with Gasteiger partial charge in [-0.3, -0.25) is 14.9 Å². The molecule has 1 aromatic heterocycles. The molecule has 1 fully saturated rings. The highest BCUT2D eigenvalue weighted by molar-refractivity contribution is 7.20. The molecular formula is C22H25ClN4O4S. The van der Waals surface area contributed by atoms with Crippen LogP contribution in [0.3, 0.4) is 0 Å². The summed E-state index contributed by atoms with van der Waals surface area (Å²) in [6.45, 7) is 0. The summed E-state index contributed by atoms with van der Waals surface area (Å²) >= 11 is 7.59. The summed E-state index contributed by atoms with van der Waals surface area (Å²) in [5.74, 6) is -1.55. The van der Waals surface area contributed by atoms with Gasteiger partial charge in [0.1, 0.15) is 11.0 Å². The summed E-state index contributed by atoms with van der Waals surface area (Å²) < 4.78 is 0. The molecule has 170 valence electrons. The van der Waals surface area contributed by atoms with Gasteiger partial charge in [-0.2, -0.15) is 0 Å². The van der Waals surface area contributed by atoms with E-state index in [9.17, 15) is 19.5 Å². The second-order valence-electron chi connectivity index (χ2n) is 7.62. The number of nitrogens with two attached hydrogens (primary N) is 2. The highest BCUT2D eigenvalue weighted by atomic mass is 35.5. The first-order valence-electron chi connectivity index (χ1n) is 10.2. The Labute approximate surface area is 194 Å². The van der Waals surface area contributed by atoms with Crippen molar-refractivity contribution in [1.29, 1.82) is 0 Å². The lowest BCUT2D eigenvalue weighted by Gasteiger charge is -2.18. The highest BCUT2D eigenvalue weighted by Gasteiger charge is 2.22. The first-order chi connectivity index (χ1) is 15.2. The van der Waals surface area contributed by atoms with Gasteiger partial charge in [0.25, 0.3) is 5.91 Å². The lowest BCUT2D eigenvalue weighted by molar-refractivity contribution is -0.139. The highest BCUT2D eigenvalue weighted by Crippen LogP contribution is 2.39. The first kappa shape index (κ1) is 23.8. The van der Waals surface area contributed by atoms with Gasteiger partial charge in [0.05, 0.1) is 5.56 Å². The minimum absolute atomic E-state index is 0.151. The first-order valence-corrected chi connectivity index (χ1v) is 11.4. The van der Waals surface area contributed by atoms with Crippen LogP contribution in [-0.4, -0.2) is 35.1 Å². The quantitative estimate of drug-likeness (QED) is 0.370. The van der Waals surface area contributed by atoms with E-state index in [1.165, 1.54) is 0 Å². The number of rotatable bonds is 9. The Morgan fingerprint density at radius 2 is 1.94 bits per heavy atom. The third-order valence-corrected chi connectivity index (χ3v) is 6.66. The van der Waals surface area contributed by atoms with E-state index >= 15 is 0 Å². The predicted molar refractivity (Wildman–Crippen MR) is 127 cm³/mol. The molecule has 1 atom stereocenters. The fourth-order valence-electron chi connectivity index (χ4n) is 3.70. The molecule has 0 bridgehead atoms. The molecule has 8 nitrogen and oxygen atoms in total. The van der Waals surface area contributed by atoms with Crippen molar-refractivity contribution >= 4 is 51.9 Å². The maximum Gasteiger partial charge on any atom is 0.321 e. The van der Waals surface area contributed by atoms with Crippen LogP contribution in [0, 0.1) is 0 Å². The number of hydrogen-bond donors (Lipinski definition) is 5. The third kappa shape index (κ3) is 6.09. The van der Waals surface area contributed by atoms with Crippen molar-refractivity contribution in [3.8, 4) is 10.4 Å². The molecular weight excluding hydrogens is 452 g/mol. The Morgan fingerprint density at radius 1 is 1.22 bits per heavy atom. The van der Waals surface area contributed by atoms with E-state index in [0.29, 0.717) is 21.9 Å². The number of thiophene rings is 1. The largest absolute Gasteiger partial charge is 0.480 e. The monoisotopic (exact) mass is 476 g/mol. The van der Waals surface area contributed by atoms with E-state index in [1.54, 1.807) is 18.2 Å². The average molecular weight is 477 g/mol. The van der Waals surface area contributed by atoms with Gasteiger partial charge in [-0.05, 0) is 37.0 Å². The van der Waals surface area contributed by atoms with Gasteiger partial charge in [0.2, 0.25) is 0 Å². The Hall–Kier alpha value is -2.88. The predicted octanol–water partition coefficient (Wildman–Crippen LogP) is 4.05. The number of carboxylic acids is 1. The zero-order valence-electron chi connectivity index (χ0n) is 17.3. The van der Waals surface area contributed by atoms with Crippen LogP contribution in [0.1, 0.15) is 48.0 Å². The fourth-order valence-corrected chi connectivity index (χ4v) is 5.16. The van der Waals surface area contributed by atoms with Crippen LogP contribution in [0.15, 0.2) is 30.3 Å². The number of primary amides is 2. The Kier molecular flexibility index (Phi) is 7.89. The summed E-state index contributed by atoms with van der Waals surface area (Å²) in [5, 5.41) is 15.8. The zero-order valence-corrected chi connectivity index (χ0v) is 18.8. The van der Waals surface area contributed by atoms with Crippen molar-refractivity contribution in [1.82, 2.24) is 5.32 Å². The van der Waals surface area contributed by atoms with Gasteiger partial charge in [-0.15, -0.1) is 11.3 Å². The van der Waals surface area contributed by atoms with E-state index in [4.69, 9.17) is 23.1 Å². The molecule has 1 heterocycles. The van der Waals surface area contributed by atoms with Crippen LogP contribution in [0.25, 0.3) is 16.5 Å². The van der Waals surface area contributed by atoms with E-state index < -0.39 is 23.9 Å². The molecule has 1 aliphatic rings. The summed E-state index contributed by atoms with van der Waals surface area (Å²) in [4.78, 5) is 35.0. The molecule has 10 heteroatoms. The summed E-state index contributed by atoms with van der Waals surface area (Å²) in [5.41, 5.74) is 12.2. The van der Waals surface area contributed by atoms with Crippen LogP contribution >= 0.6 is 22.9 Å². The smallest absolute Gasteiger partial charge is 0.321 e. The number of nitrogens with one attached hydrogen (secondary N) is 2. The van der Waals surface area contributed by atoms with Gasteiger partial charge >= 0.3 is 12.0 Å². The molecule has 2 aromatic rings. The van der Waals surface area contributed by atoms with Crippen molar-refractivity contribution in [2.45, 2.75) is 44.2 Å². The number of carbonyl (C=O) groups excluding carboxylic acids is 2. The minimum Gasteiger partial charge on any atom is -0.480 e. The normalized spacial score (nSPS) is 15.2. The van der Waals surface area contributed by atoms with Crippen LogP contribution in [0.5, 0.6) is 0 Å². The zero-order chi connectivity index (χ0) is 23.3. The molecule has 1 saturated carbocycles. The van der Waals surface area contributed by atoms with Crippen LogP contribution in [0.4, 0.5) is 9.80 Å². The van der Waals surface area contributed by atoms with Gasteiger partial charge in [-0.25, -0.2) is 4.79 Å². The lowest BCUT2D eigenvalue weighted by Crippen LogP contribution is -2.41. The van der Waals surface area contributed by atoms with Gasteiger partial charge in [0.15, 0.2) is 0 Å². The number of halogens is 1. The van der Waals surface area contributed by atoms with Crippen LogP contribution in [-0.2, 0) is 4.79 Å². The summed E-state index contributed by atoms with van der Waals surface area (Å²) in [6, 6.07) is 5.77. The second kappa shape index (κ2) is 10.6. The molecule has 3 amide bonds. The fraction of sp³-hybridized carbons (Fsp3) is 0.318. The average Bonchev–Trinajstić information content (AvgIpc) is 3.36. The van der Waals surface area contributed by atoms with Crippen molar-refractivity contribution < 1.29 is 19.5 Å². The van der Waals surface area contributed by atoms with Crippen molar-refractivity contribution in [2.75, 3.05) is 5.32 Å². The summed E-state index contributed by atoms with van der Waals surface area (Å²) in [6.07, 6.45) is 8.30. The van der Waals surface area contributed by atoms with E-state index in [2.05, 4.69) is 10.6 Å². The number of urea groups is 1. The molecule has 32 heavy (non-hydrogen) atoms. The number of carboxylic acid groups (broad SMARTS) is 1. The standard InChI is InChI=1S/C22H25ClN4O4S/c23-16-10-12(4-3-7-17(21(29)30)26-13-5-1-2-6-13)8-9-14(16)18-11-15(19(24)28)20(32-18)27-22(25)31/h3-4,8-11,13,17,26H,1-2,5-7H2,(H2,24,28)(H,29,30)(H3,25,27,31)/t17-/m0/s1. The van der Waals surface area contributed by atoms with Gasteiger partial charge in [0, 0.05) is 21.5 Å². The van der Waals surface area contributed by atoms with Crippen LogP contribution in [0.2, 0.25) is 5.02 Å². The number of aliphatic carboxylic acids is 1.